The van der Waals surface area contributed by atoms with E-state index in [0.29, 0.717) is 0 Å². The first-order chi connectivity index (χ1) is 10.4. The van der Waals surface area contributed by atoms with Crippen LogP contribution in [0.3, 0.4) is 0 Å². The summed E-state index contributed by atoms with van der Waals surface area (Å²) in [5.41, 5.74) is 0.754. The third-order valence-corrected chi connectivity index (χ3v) is 4.67. The molecule has 1 heterocycles. The summed E-state index contributed by atoms with van der Waals surface area (Å²) in [5, 5.41) is 6.45. The van der Waals surface area contributed by atoms with Gasteiger partial charge in [-0.15, -0.1) is 12.4 Å². The molecule has 1 saturated heterocycles. The van der Waals surface area contributed by atoms with Crippen LogP contribution in [0.25, 0.3) is 0 Å². The maximum atomic E-state index is 12.6. The molecule has 2 fully saturated rings. The van der Waals surface area contributed by atoms with Gasteiger partial charge in [-0.05, 0) is 70.7 Å². The molecule has 1 amide bonds. The molecular formula is C18H27ClN2O2. The fraction of sp³-hybridized carbons (Fsp3) is 0.611. The molecule has 2 aliphatic rings. The van der Waals surface area contributed by atoms with Crippen molar-refractivity contribution in [2.75, 3.05) is 18.4 Å². The highest BCUT2D eigenvalue weighted by atomic mass is 35.5. The van der Waals surface area contributed by atoms with Crippen molar-refractivity contribution in [2.24, 2.45) is 11.3 Å². The Kier molecular flexibility index (Phi) is 5.27. The monoisotopic (exact) mass is 338 g/mol. The van der Waals surface area contributed by atoms with Gasteiger partial charge in [-0.2, -0.15) is 0 Å². The highest BCUT2D eigenvalue weighted by molar-refractivity contribution is 5.96. The van der Waals surface area contributed by atoms with E-state index in [9.17, 15) is 4.79 Å². The first kappa shape index (κ1) is 18.1. The minimum atomic E-state index is -0.281. The van der Waals surface area contributed by atoms with Crippen molar-refractivity contribution < 1.29 is 9.53 Å². The zero-order valence-corrected chi connectivity index (χ0v) is 15.0. The lowest BCUT2D eigenvalue weighted by atomic mass is 9.92. The van der Waals surface area contributed by atoms with E-state index in [1.807, 2.05) is 45.0 Å². The van der Waals surface area contributed by atoms with Crippen LogP contribution >= 0.6 is 12.4 Å². The second-order valence-electron chi connectivity index (χ2n) is 7.57. The van der Waals surface area contributed by atoms with E-state index in [-0.39, 0.29) is 35.2 Å². The maximum absolute atomic E-state index is 12.6. The van der Waals surface area contributed by atoms with Crippen LogP contribution in [-0.2, 0) is 4.79 Å². The van der Waals surface area contributed by atoms with Crippen LogP contribution in [0, 0.1) is 11.3 Å². The molecule has 4 nitrogen and oxygen atoms in total. The molecule has 1 aliphatic carbocycles. The van der Waals surface area contributed by atoms with Crippen molar-refractivity contribution in [3.63, 3.8) is 0 Å². The van der Waals surface area contributed by atoms with Crippen molar-refractivity contribution >= 4 is 24.0 Å². The molecule has 3 rings (SSSR count). The molecule has 1 atom stereocenters. The Morgan fingerprint density at radius 2 is 1.91 bits per heavy atom. The van der Waals surface area contributed by atoms with Crippen LogP contribution in [0.15, 0.2) is 24.3 Å². The minimum Gasteiger partial charge on any atom is -0.486 e. The van der Waals surface area contributed by atoms with E-state index >= 15 is 0 Å². The Balaban J connectivity index is 0.00000192. The average Bonchev–Trinajstić information content (AvgIpc) is 3.14. The van der Waals surface area contributed by atoms with Crippen LogP contribution in [-0.4, -0.2) is 24.6 Å². The van der Waals surface area contributed by atoms with Crippen molar-refractivity contribution in [1.82, 2.24) is 5.32 Å². The zero-order valence-electron chi connectivity index (χ0n) is 14.1. The van der Waals surface area contributed by atoms with Crippen molar-refractivity contribution in [3.05, 3.63) is 24.3 Å². The first-order valence-corrected chi connectivity index (χ1v) is 8.19. The molecule has 1 aliphatic heterocycles. The van der Waals surface area contributed by atoms with E-state index in [2.05, 4.69) is 10.6 Å². The molecule has 2 N–H and O–H groups in total. The van der Waals surface area contributed by atoms with Crippen LogP contribution < -0.4 is 15.4 Å². The lowest BCUT2D eigenvalue weighted by Gasteiger charge is -2.24. The first-order valence-electron chi connectivity index (χ1n) is 8.19. The standard InChI is InChI=1S/C18H26N2O2.ClH/c1-17(2,3)22-15-7-5-4-6-14(15)20-16(21)13-12-18(13)8-10-19-11-9-18;/h4-7,13,19H,8-12H2,1-3H3,(H,20,21);1H. The fourth-order valence-corrected chi connectivity index (χ4v) is 3.40. The van der Waals surface area contributed by atoms with Gasteiger partial charge in [0.1, 0.15) is 11.4 Å². The van der Waals surface area contributed by atoms with Gasteiger partial charge >= 0.3 is 0 Å². The van der Waals surface area contributed by atoms with E-state index < -0.39 is 0 Å². The second-order valence-corrected chi connectivity index (χ2v) is 7.57. The number of amides is 1. The summed E-state index contributed by atoms with van der Waals surface area (Å²) in [5.74, 6) is 1.05. The van der Waals surface area contributed by atoms with Gasteiger partial charge in [-0.1, -0.05) is 12.1 Å². The number of hydrogen-bond acceptors (Lipinski definition) is 3. The third-order valence-electron chi connectivity index (χ3n) is 4.67. The summed E-state index contributed by atoms with van der Waals surface area (Å²) in [6.45, 7) is 8.10. The average molecular weight is 339 g/mol. The number of halogens is 1. The number of carbonyl (C=O) groups excluding carboxylic acids is 1. The Morgan fingerprint density at radius 1 is 1.26 bits per heavy atom. The third kappa shape index (κ3) is 4.18. The Hall–Kier alpha value is -1.26. The molecule has 1 aromatic carbocycles. The summed E-state index contributed by atoms with van der Waals surface area (Å²) in [4.78, 5) is 12.6. The van der Waals surface area contributed by atoms with Crippen molar-refractivity contribution in [2.45, 2.75) is 45.6 Å². The van der Waals surface area contributed by atoms with Gasteiger partial charge < -0.3 is 15.4 Å². The van der Waals surface area contributed by atoms with Gasteiger partial charge in [0, 0.05) is 5.92 Å². The summed E-state index contributed by atoms with van der Waals surface area (Å²) in [7, 11) is 0. The predicted octanol–water partition coefficient (Wildman–Crippen LogP) is 3.61. The van der Waals surface area contributed by atoms with Gasteiger partial charge in [-0.3, -0.25) is 4.79 Å². The van der Waals surface area contributed by atoms with Crippen LogP contribution in [0.5, 0.6) is 5.75 Å². The molecule has 1 saturated carbocycles. The Bertz CT molecular complexity index is 562. The topological polar surface area (TPSA) is 50.4 Å². The minimum absolute atomic E-state index is 0. The number of piperidine rings is 1. The number of rotatable bonds is 3. The molecule has 23 heavy (non-hydrogen) atoms. The molecule has 0 aromatic heterocycles. The van der Waals surface area contributed by atoms with Gasteiger partial charge in [0.05, 0.1) is 5.69 Å². The second kappa shape index (κ2) is 6.70. The van der Waals surface area contributed by atoms with Crippen LogP contribution in [0.2, 0.25) is 0 Å². The maximum Gasteiger partial charge on any atom is 0.228 e. The lowest BCUT2D eigenvalue weighted by Crippen LogP contribution is -2.31. The Morgan fingerprint density at radius 3 is 2.57 bits per heavy atom. The molecule has 128 valence electrons. The van der Waals surface area contributed by atoms with E-state index in [1.165, 1.54) is 0 Å². The van der Waals surface area contributed by atoms with Gasteiger partial charge in [0.2, 0.25) is 5.91 Å². The molecule has 0 radical (unpaired) electrons. The molecular weight excluding hydrogens is 312 g/mol. The largest absolute Gasteiger partial charge is 0.486 e. The fourth-order valence-electron chi connectivity index (χ4n) is 3.40. The molecule has 1 aromatic rings. The van der Waals surface area contributed by atoms with E-state index in [4.69, 9.17) is 4.74 Å². The van der Waals surface area contributed by atoms with E-state index in [1.54, 1.807) is 0 Å². The summed E-state index contributed by atoms with van der Waals surface area (Å²) < 4.78 is 5.95. The van der Waals surface area contributed by atoms with Gasteiger partial charge in [0.15, 0.2) is 0 Å². The summed E-state index contributed by atoms with van der Waals surface area (Å²) in [6.07, 6.45) is 3.26. The molecule has 1 unspecified atom stereocenters. The van der Waals surface area contributed by atoms with Crippen LogP contribution in [0.4, 0.5) is 5.69 Å². The Labute approximate surface area is 144 Å². The molecule has 5 heteroatoms. The summed E-state index contributed by atoms with van der Waals surface area (Å²) in [6, 6.07) is 7.69. The zero-order chi connectivity index (χ0) is 15.8. The smallest absolute Gasteiger partial charge is 0.228 e. The van der Waals surface area contributed by atoms with Crippen LogP contribution in [0.1, 0.15) is 40.0 Å². The number of nitrogens with one attached hydrogen (secondary N) is 2. The molecule has 0 bridgehead atoms. The quantitative estimate of drug-likeness (QED) is 0.885. The highest BCUT2D eigenvalue weighted by Crippen LogP contribution is 2.58. The SMILES string of the molecule is CC(C)(C)Oc1ccccc1NC(=O)C1CC12CCNCC2.Cl. The number of para-hydroxylation sites is 2. The lowest BCUT2D eigenvalue weighted by molar-refractivity contribution is -0.118. The predicted molar refractivity (Wildman–Crippen MR) is 95.3 cm³/mol. The normalized spacial score (nSPS) is 22.1. The molecule has 1 spiro atoms. The number of benzene rings is 1. The highest BCUT2D eigenvalue weighted by Gasteiger charge is 2.57. The summed E-state index contributed by atoms with van der Waals surface area (Å²) >= 11 is 0. The van der Waals surface area contributed by atoms with E-state index in [0.717, 1.165) is 43.8 Å². The van der Waals surface area contributed by atoms with Crippen molar-refractivity contribution in [1.29, 1.82) is 0 Å². The van der Waals surface area contributed by atoms with Gasteiger partial charge in [0.25, 0.3) is 0 Å². The number of ether oxygens (including phenoxy) is 1. The number of hydrogen-bond donors (Lipinski definition) is 2. The van der Waals surface area contributed by atoms with Crippen molar-refractivity contribution in [3.8, 4) is 5.75 Å². The number of carbonyl (C=O) groups is 1. The number of anilines is 1. The van der Waals surface area contributed by atoms with Gasteiger partial charge in [-0.25, -0.2) is 0 Å².